The zero-order valence-electron chi connectivity index (χ0n) is 16.1. The minimum absolute atomic E-state index is 0.945. The van der Waals surface area contributed by atoms with Gasteiger partial charge in [-0.2, -0.15) is 0 Å². The van der Waals surface area contributed by atoms with Gasteiger partial charge in [0.25, 0.3) is 0 Å². The van der Waals surface area contributed by atoms with Crippen LogP contribution in [0.25, 0.3) is 45.4 Å². The number of fused-ring (bicyclic) bond motifs is 8. The molecule has 8 bridgehead atoms. The molecule has 0 unspecified atom stereocenters. The molecule has 5 heterocycles. The van der Waals surface area contributed by atoms with Crippen LogP contribution in [-0.4, -0.2) is 19.9 Å². The second-order valence-electron chi connectivity index (χ2n) is 7.16. The Bertz CT molecular complexity index is 1280. The monoisotopic (exact) mass is 366 g/mol. The fourth-order valence-corrected chi connectivity index (χ4v) is 3.97. The molecule has 0 atom stereocenters. The molecule has 0 saturated heterocycles. The summed E-state index contributed by atoms with van der Waals surface area (Å²) >= 11 is 0. The molecule has 138 valence electrons. The first-order valence-electron chi connectivity index (χ1n) is 9.81. The van der Waals surface area contributed by atoms with Crippen molar-refractivity contribution in [3.8, 4) is 0 Å². The molecule has 2 aliphatic rings. The van der Waals surface area contributed by atoms with Gasteiger partial charge in [-0.1, -0.05) is 13.8 Å². The maximum Gasteiger partial charge on any atom is 0.0693 e. The number of hydrogen-bond acceptors (Lipinski definition) is 2. The SMILES string of the molecule is CCC1=C(CC)c2cc3ccc(cc4ccc(cc5nc(cc1n2)C=C5)[nH]4)[nH]3. The lowest BCUT2D eigenvalue weighted by Gasteiger charge is -2.02. The first-order chi connectivity index (χ1) is 13.7. The minimum atomic E-state index is 0.945. The van der Waals surface area contributed by atoms with E-state index in [0.717, 1.165) is 57.7 Å². The van der Waals surface area contributed by atoms with Crippen LogP contribution in [-0.2, 0) is 0 Å². The zero-order valence-corrected chi connectivity index (χ0v) is 16.1. The van der Waals surface area contributed by atoms with Crippen LogP contribution in [0.4, 0.5) is 0 Å². The molecule has 2 aliphatic heterocycles. The lowest BCUT2D eigenvalue weighted by molar-refractivity contribution is 1.20. The highest BCUT2D eigenvalue weighted by molar-refractivity contribution is 5.93. The van der Waals surface area contributed by atoms with Gasteiger partial charge in [0, 0.05) is 22.1 Å². The summed E-state index contributed by atoms with van der Waals surface area (Å²) in [5, 5.41) is 0. The number of H-pyrrole nitrogens is 2. The van der Waals surface area contributed by atoms with Crippen molar-refractivity contribution in [3.63, 3.8) is 0 Å². The number of aromatic amines is 2. The largest absolute Gasteiger partial charge is 0.355 e. The Balaban J connectivity index is 1.87. The van der Waals surface area contributed by atoms with Crippen molar-refractivity contribution in [2.45, 2.75) is 26.7 Å². The zero-order chi connectivity index (χ0) is 19.1. The number of hydrogen-bond donors (Lipinski definition) is 2. The van der Waals surface area contributed by atoms with Gasteiger partial charge in [-0.25, -0.2) is 9.97 Å². The highest BCUT2D eigenvalue weighted by Crippen LogP contribution is 2.34. The van der Waals surface area contributed by atoms with E-state index in [9.17, 15) is 0 Å². The van der Waals surface area contributed by atoms with Crippen LogP contribution >= 0.6 is 0 Å². The molecule has 3 aromatic rings. The molecule has 5 rings (SSSR count). The van der Waals surface area contributed by atoms with Gasteiger partial charge in [0.15, 0.2) is 0 Å². The predicted octanol–water partition coefficient (Wildman–Crippen LogP) is 6.22. The smallest absolute Gasteiger partial charge is 0.0693 e. The maximum absolute atomic E-state index is 4.96. The maximum atomic E-state index is 4.96. The summed E-state index contributed by atoms with van der Waals surface area (Å²) in [4.78, 5) is 16.6. The van der Waals surface area contributed by atoms with E-state index in [1.807, 2.05) is 6.08 Å². The Morgan fingerprint density at radius 1 is 0.607 bits per heavy atom. The second-order valence-corrected chi connectivity index (χ2v) is 7.16. The molecule has 0 radical (unpaired) electrons. The van der Waals surface area contributed by atoms with E-state index in [-0.39, 0.29) is 0 Å². The molecule has 0 aliphatic carbocycles. The average molecular weight is 366 g/mol. The van der Waals surface area contributed by atoms with E-state index in [2.05, 4.69) is 78.4 Å². The highest BCUT2D eigenvalue weighted by atomic mass is 14.8. The van der Waals surface area contributed by atoms with Crippen LogP contribution in [0.1, 0.15) is 49.5 Å². The van der Waals surface area contributed by atoms with E-state index < -0.39 is 0 Å². The van der Waals surface area contributed by atoms with Gasteiger partial charge >= 0.3 is 0 Å². The molecule has 4 heteroatoms. The molecule has 0 saturated carbocycles. The van der Waals surface area contributed by atoms with Gasteiger partial charge in [-0.15, -0.1) is 0 Å². The van der Waals surface area contributed by atoms with Crippen molar-refractivity contribution < 1.29 is 0 Å². The second kappa shape index (κ2) is 6.64. The van der Waals surface area contributed by atoms with Crippen molar-refractivity contribution in [1.29, 1.82) is 0 Å². The summed E-state index contributed by atoms with van der Waals surface area (Å²) in [7, 11) is 0. The Labute approximate surface area is 163 Å². The molecule has 0 aromatic carbocycles. The Morgan fingerprint density at radius 2 is 1.11 bits per heavy atom. The lowest BCUT2D eigenvalue weighted by atomic mass is 10.0. The number of nitrogens with zero attached hydrogens (tertiary/aromatic N) is 2. The van der Waals surface area contributed by atoms with Gasteiger partial charge in [0.1, 0.15) is 0 Å². The van der Waals surface area contributed by atoms with E-state index in [1.54, 1.807) is 0 Å². The Morgan fingerprint density at radius 3 is 1.71 bits per heavy atom. The minimum Gasteiger partial charge on any atom is -0.355 e. The third-order valence-electron chi connectivity index (χ3n) is 5.27. The van der Waals surface area contributed by atoms with Crippen molar-refractivity contribution in [2.75, 3.05) is 0 Å². The third kappa shape index (κ3) is 2.97. The van der Waals surface area contributed by atoms with Crippen LogP contribution in [0.15, 0.2) is 48.5 Å². The van der Waals surface area contributed by atoms with Crippen LogP contribution < -0.4 is 0 Å². The van der Waals surface area contributed by atoms with Gasteiger partial charge in [0.05, 0.1) is 22.8 Å². The lowest BCUT2D eigenvalue weighted by Crippen LogP contribution is -1.83. The van der Waals surface area contributed by atoms with Gasteiger partial charge in [-0.05, 0) is 84.7 Å². The summed E-state index contributed by atoms with van der Waals surface area (Å²) < 4.78 is 0. The summed E-state index contributed by atoms with van der Waals surface area (Å²) in [5.74, 6) is 0. The summed E-state index contributed by atoms with van der Waals surface area (Å²) in [6.07, 6.45) is 6.03. The van der Waals surface area contributed by atoms with E-state index in [0.29, 0.717) is 0 Å². The molecule has 2 N–H and O–H groups in total. The molecule has 28 heavy (non-hydrogen) atoms. The normalized spacial score (nSPS) is 13.4. The van der Waals surface area contributed by atoms with Gasteiger partial charge in [-0.3, -0.25) is 0 Å². The number of nitrogens with one attached hydrogen (secondary N) is 2. The predicted molar refractivity (Wildman–Crippen MR) is 117 cm³/mol. The van der Waals surface area contributed by atoms with Crippen LogP contribution in [0.2, 0.25) is 0 Å². The van der Waals surface area contributed by atoms with Crippen LogP contribution in [0.3, 0.4) is 0 Å². The first kappa shape index (κ1) is 16.8. The van der Waals surface area contributed by atoms with E-state index in [4.69, 9.17) is 9.97 Å². The van der Waals surface area contributed by atoms with Crippen LogP contribution in [0.5, 0.6) is 0 Å². The molecule has 0 amide bonds. The van der Waals surface area contributed by atoms with Crippen molar-refractivity contribution in [2.24, 2.45) is 0 Å². The topological polar surface area (TPSA) is 57.4 Å². The summed E-state index contributed by atoms with van der Waals surface area (Å²) in [6, 6.07) is 16.8. The van der Waals surface area contributed by atoms with Crippen molar-refractivity contribution >= 4 is 45.4 Å². The van der Waals surface area contributed by atoms with Crippen molar-refractivity contribution in [1.82, 2.24) is 19.9 Å². The fourth-order valence-electron chi connectivity index (χ4n) is 3.97. The van der Waals surface area contributed by atoms with Gasteiger partial charge < -0.3 is 9.97 Å². The Hall–Kier alpha value is -3.40. The highest BCUT2D eigenvalue weighted by Gasteiger charge is 2.17. The Kier molecular flexibility index (Phi) is 3.97. The van der Waals surface area contributed by atoms with E-state index in [1.165, 1.54) is 11.1 Å². The van der Waals surface area contributed by atoms with Gasteiger partial charge in [0.2, 0.25) is 0 Å². The first-order valence-corrected chi connectivity index (χ1v) is 9.81. The summed E-state index contributed by atoms with van der Waals surface area (Å²) in [6.45, 7) is 4.39. The average Bonchev–Trinajstić information content (AvgIpc) is 3.45. The number of aromatic nitrogens is 4. The number of rotatable bonds is 2. The standard InChI is InChI=1S/C24H22N4/c1-3-21-22(4-2)24-14-20-10-8-18(27-20)12-16-6-5-15(25-16)11-17-7-9-19(26-17)13-23(21)28-24/h5-14,25-26H,3-4H2,1-2H3. The third-order valence-corrected chi connectivity index (χ3v) is 5.27. The quantitative estimate of drug-likeness (QED) is 0.443. The molecule has 4 nitrogen and oxygen atoms in total. The molecular formula is C24H22N4. The van der Waals surface area contributed by atoms with Crippen molar-refractivity contribution in [3.05, 3.63) is 71.3 Å². The fraction of sp³-hybridized carbons (Fsp3) is 0.167. The number of allylic oxidation sites excluding steroid dienone is 2. The molecule has 0 spiro atoms. The summed E-state index contributed by atoms with van der Waals surface area (Å²) in [5.41, 5.74) is 10.8. The van der Waals surface area contributed by atoms with Crippen LogP contribution in [0, 0.1) is 0 Å². The van der Waals surface area contributed by atoms with E-state index >= 15 is 0 Å². The molecule has 0 fully saturated rings. The molecular weight excluding hydrogens is 344 g/mol. The molecule has 3 aromatic heterocycles.